The Morgan fingerprint density at radius 1 is 1.22 bits per heavy atom. The van der Waals surface area contributed by atoms with Crippen LogP contribution in [0.25, 0.3) is 17.3 Å². The van der Waals surface area contributed by atoms with E-state index in [1.54, 1.807) is 18.2 Å². The maximum absolute atomic E-state index is 12.8. The van der Waals surface area contributed by atoms with Gasteiger partial charge in [0.15, 0.2) is 5.43 Å². The molecule has 0 radical (unpaired) electrons. The van der Waals surface area contributed by atoms with Crippen LogP contribution in [-0.2, 0) is 6.42 Å². The van der Waals surface area contributed by atoms with Gasteiger partial charge in [-0.25, -0.2) is 0 Å². The molecule has 1 aliphatic rings. The summed E-state index contributed by atoms with van der Waals surface area (Å²) in [4.78, 5) is 17.0. The second-order valence-electron chi connectivity index (χ2n) is 5.39. The molecule has 0 aliphatic heterocycles. The summed E-state index contributed by atoms with van der Waals surface area (Å²) in [5.74, 6) is 0.587. The molecule has 4 heteroatoms. The van der Waals surface area contributed by atoms with Crippen molar-refractivity contribution in [2.24, 2.45) is 0 Å². The summed E-state index contributed by atoms with van der Waals surface area (Å²) in [6.07, 6.45) is 13.1. The molecule has 1 aliphatic carbocycles. The molecule has 116 valence electrons. The number of allylic oxidation sites excluding steroid dienone is 4. The van der Waals surface area contributed by atoms with Crippen molar-refractivity contribution < 1.29 is 4.42 Å². The van der Waals surface area contributed by atoms with Crippen LogP contribution in [-0.4, -0.2) is 4.98 Å². The lowest BCUT2D eigenvalue weighted by Crippen LogP contribution is -2.14. The Morgan fingerprint density at radius 3 is 2.87 bits per heavy atom. The highest BCUT2D eigenvalue weighted by Gasteiger charge is 2.14. The fourth-order valence-electron chi connectivity index (χ4n) is 2.48. The van der Waals surface area contributed by atoms with E-state index < -0.39 is 0 Å². The Balaban J connectivity index is 2.09. The Hall–Kier alpha value is -2.39. The van der Waals surface area contributed by atoms with Crippen molar-refractivity contribution in [1.82, 2.24) is 4.98 Å². The molecule has 0 bridgehead atoms. The van der Waals surface area contributed by atoms with E-state index in [1.807, 2.05) is 12.2 Å². The van der Waals surface area contributed by atoms with Crippen molar-refractivity contribution in [2.75, 3.05) is 0 Å². The lowest BCUT2D eigenvalue weighted by molar-refractivity contribution is 0.529. The van der Waals surface area contributed by atoms with Gasteiger partial charge in [-0.15, -0.1) is 0 Å². The fourth-order valence-corrected chi connectivity index (χ4v) is 2.59. The number of hydrogen-bond acceptors (Lipinski definition) is 3. The number of halogens is 1. The van der Waals surface area contributed by atoms with Crippen LogP contribution in [0.4, 0.5) is 0 Å². The van der Waals surface area contributed by atoms with E-state index in [-0.39, 0.29) is 5.43 Å². The largest absolute Gasteiger partial charge is 0.464 e. The average Bonchev–Trinajstić information content (AvgIpc) is 2.55. The molecule has 0 spiro atoms. The van der Waals surface area contributed by atoms with Gasteiger partial charge in [-0.2, -0.15) is 0 Å². The van der Waals surface area contributed by atoms with E-state index in [4.69, 9.17) is 16.0 Å². The second-order valence-corrected chi connectivity index (χ2v) is 5.82. The van der Waals surface area contributed by atoms with E-state index in [0.29, 0.717) is 34.0 Å². The van der Waals surface area contributed by atoms with Crippen LogP contribution in [0.5, 0.6) is 0 Å². The van der Waals surface area contributed by atoms with Gasteiger partial charge in [-0.05, 0) is 43.0 Å². The van der Waals surface area contributed by atoms with E-state index in [2.05, 4.69) is 17.6 Å². The van der Waals surface area contributed by atoms with Gasteiger partial charge in [0.2, 0.25) is 0 Å². The zero-order chi connectivity index (χ0) is 16.2. The fraction of sp³-hybridized carbons (Fsp3) is 0.158. The van der Waals surface area contributed by atoms with Gasteiger partial charge in [0, 0.05) is 11.8 Å². The van der Waals surface area contributed by atoms with Gasteiger partial charge in [-0.1, -0.05) is 36.4 Å². The molecule has 0 amide bonds. The molecule has 0 atom stereocenters. The first kappa shape index (κ1) is 15.5. The first-order valence-electron chi connectivity index (χ1n) is 7.45. The molecular weight excluding hydrogens is 310 g/mol. The molecule has 2 aromatic rings. The van der Waals surface area contributed by atoms with Crippen molar-refractivity contribution in [3.63, 3.8) is 0 Å². The van der Waals surface area contributed by atoms with E-state index in [0.717, 1.165) is 18.4 Å². The molecule has 0 N–H and O–H groups in total. The van der Waals surface area contributed by atoms with E-state index in [1.165, 1.54) is 12.5 Å². The minimum absolute atomic E-state index is 0.0408. The molecule has 2 aromatic heterocycles. The number of pyridine rings is 1. The minimum Gasteiger partial charge on any atom is -0.464 e. The van der Waals surface area contributed by atoms with Crippen LogP contribution >= 0.6 is 11.6 Å². The number of hydrogen-bond donors (Lipinski definition) is 0. The highest BCUT2D eigenvalue weighted by molar-refractivity contribution is 6.30. The van der Waals surface area contributed by atoms with Crippen LogP contribution in [0.3, 0.4) is 0 Å². The number of aromatic nitrogens is 1. The predicted molar refractivity (Wildman–Crippen MR) is 93.5 cm³/mol. The summed E-state index contributed by atoms with van der Waals surface area (Å²) < 4.78 is 5.70. The molecule has 0 saturated heterocycles. The summed E-state index contributed by atoms with van der Waals surface area (Å²) in [5.41, 5.74) is 2.54. The summed E-state index contributed by atoms with van der Waals surface area (Å²) in [7, 11) is 0. The Morgan fingerprint density at radius 2 is 2.09 bits per heavy atom. The minimum atomic E-state index is -0.0408. The monoisotopic (exact) mass is 325 g/mol. The number of rotatable bonds is 1. The Bertz CT molecular complexity index is 845. The number of fused-ring (bicyclic) bond motifs is 1. The van der Waals surface area contributed by atoms with Crippen molar-refractivity contribution in [1.29, 1.82) is 0 Å². The second kappa shape index (κ2) is 6.80. The quantitative estimate of drug-likeness (QED) is 0.755. The zero-order valence-corrected chi connectivity index (χ0v) is 13.3. The smallest absolute Gasteiger partial charge is 0.198 e. The van der Waals surface area contributed by atoms with E-state index in [9.17, 15) is 4.79 Å². The molecule has 0 fully saturated rings. The van der Waals surface area contributed by atoms with Gasteiger partial charge in [0.05, 0.1) is 16.3 Å². The maximum atomic E-state index is 12.8. The zero-order valence-electron chi connectivity index (χ0n) is 12.6. The lowest BCUT2D eigenvalue weighted by atomic mass is 10.0. The normalized spacial score (nSPS) is 16.0. The molecular formula is C19H16ClNO2. The van der Waals surface area contributed by atoms with Gasteiger partial charge in [0.1, 0.15) is 12.0 Å². The topological polar surface area (TPSA) is 43.1 Å². The van der Waals surface area contributed by atoms with Gasteiger partial charge >= 0.3 is 0 Å². The molecule has 3 rings (SSSR count). The molecule has 3 nitrogen and oxygen atoms in total. The Kier molecular flexibility index (Phi) is 4.58. The molecule has 23 heavy (non-hydrogen) atoms. The summed E-state index contributed by atoms with van der Waals surface area (Å²) >= 11 is 5.85. The van der Waals surface area contributed by atoms with Crippen LogP contribution in [0, 0.1) is 0 Å². The Labute approximate surface area is 139 Å². The summed E-state index contributed by atoms with van der Waals surface area (Å²) in [5, 5.41) is 0.533. The molecule has 0 unspecified atom stereocenters. The van der Waals surface area contributed by atoms with Crippen LogP contribution in [0.1, 0.15) is 24.2 Å². The van der Waals surface area contributed by atoms with Gasteiger partial charge < -0.3 is 4.42 Å². The van der Waals surface area contributed by atoms with Gasteiger partial charge in [-0.3, -0.25) is 9.78 Å². The standard InChI is InChI=1S/C19H16ClNO2/c1-13-5-3-2-4-6-15-18(10-7-13)23-12-16(19(15)22)17-9-8-14(20)11-21-17/h3,5,7-12H,1-2,4,6H2/b5-3-,10-7?. The molecule has 0 aromatic carbocycles. The number of nitrogens with zero attached hydrogens (tertiary/aromatic N) is 1. The first-order valence-corrected chi connectivity index (χ1v) is 7.83. The average molecular weight is 326 g/mol. The van der Waals surface area contributed by atoms with Crippen molar-refractivity contribution in [3.8, 4) is 11.3 Å². The molecule has 0 saturated carbocycles. The van der Waals surface area contributed by atoms with Crippen LogP contribution < -0.4 is 5.43 Å². The van der Waals surface area contributed by atoms with Crippen molar-refractivity contribution >= 4 is 17.7 Å². The lowest BCUT2D eigenvalue weighted by Gasteiger charge is -2.08. The first-order chi connectivity index (χ1) is 11.1. The van der Waals surface area contributed by atoms with Crippen molar-refractivity contribution in [3.05, 3.63) is 81.5 Å². The third kappa shape index (κ3) is 3.51. The summed E-state index contributed by atoms with van der Waals surface area (Å²) in [6.45, 7) is 3.94. The third-order valence-electron chi connectivity index (χ3n) is 3.70. The predicted octanol–water partition coefficient (Wildman–Crippen LogP) is 4.82. The summed E-state index contributed by atoms with van der Waals surface area (Å²) in [6, 6.07) is 3.44. The van der Waals surface area contributed by atoms with Crippen molar-refractivity contribution in [2.45, 2.75) is 19.3 Å². The highest BCUT2D eigenvalue weighted by atomic mass is 35.5. The third-order valence-corrected chi connectivity index (χ3v) is 3.93. The van der Waals surface area contributed by atoms with Crippen LogP contribution in [0.15, 0.2) is 64.2 Å². The molecule has 2 heterocycles. The van der Waals surface area contributed by atoms with Gasteiger partial charge in [0.25, 0.3) is 0 Å². The maximum Gasteiger partial charge on any atom is 0.198 e. The highest BCUT2D eigenvalue weighted by Crippen LogP contribution is 2.20. The van der Waals surface area contributed by atoms with Crippen LogP contribution in [0.2, 0.25) is 5.02 Å². The SMILES string of the molecule is C=C1C=Cc2occ(-c3ccc(Cl)cn3)c(=O)c2CCC/C=C\1. The van der Waals surface area contributed by atoms with E-state index >= 15 is 0 Å².